The van der Waals surface area contributed by atoms with Gasteiger partial charge >= 0.3 is 0 Å². The van der Waals surface area contributed by atoms with Crippen molar-refractivity contribution in [2.75, 3.05) is 29.5 Å². The Kier molecular flexibility index (Phi) is 5.03. The second-order valence-electron chi connectivity index (χ2n) is 3.87. The van der Waals surface area contributed by atoms with Crippen molar-refractivity contribution < 1.29 is 4.79 Å². The van der Waals surface area contributed by atoms with Crippen LogP contribution in [0.4, 0.5) is 5.69 Å². The maximum absolute atomic E-state index is 12.0. The average Bonchev–Trinajstić information content (AvgIpc) is 2.40. The molecule has 1 aliphatic heterocycles. The van der Waals surface area contributed by atoms with E-state index in [0.717, 1.165) is 11.5 Å². The summed E-state index contributed by atoms with van der Waals surface area (Å²) in [5.74, 6) is 3.24. The molecule has 2 heterocycles. The zero-order chi connectivity index (χ0) is 13.0. The number of rotatable bonds is 3. The molecular weight excluding hydrogens is 290 g/mol. The van der Waals surface area contributed by atoms with E-state index in [-0.39, 0.29) is 11.1 Å². The smallest absolute Gasteiger partial charge is 0.253 e. The number of thioether (sulfide) groups is 2. The molecule has 0 aliphatic carbocycles. The first-order valence-electron chi connectivity index (χ1n) is 5.55. The Bertz CT molecular complexity index is 438. The summed E-state index contributed by atoms with van der Waals surface area (Å²) in [4.78, 5) is 15.8. The van der Waals surface area contributed by atoms with Crippen LogP contribution in [0.1, 0.15) is 10.4 Å². The average molecular weight is 304 g/mol. The number of halogens is 1. The molecule has 1 amide bonds. The number of anilines is 1. The van der Waals surface area contributed by atoms with Crippen LogP contribution in [-0.2, 0) is 0 Å². The van der Waals surface area contributed by atoms with Gasteiger partial charge in [-0.2, -0.15) is 23.5 Å². The van der Waals surface area contributed by atoms with Gasteiger partial charge in [0.1, 0.15) is 5.15 Å². The fourth-order valence-electron chi connectivity index (χ4n) is 1.59. The topological polar surface area (TPSA) is 68.0 Å². The molecule has 3 N–H and O–H groups in total. The number of nitrogens with two attached hydrogens (primary N) is 1. The molecule has 0 aromatic carbocycles. The van der Waals surface area contributed by atoms with Gasteiger partial charge in [-0.3, -0.25) is 4.79 Å². The molecule has 0 spiro atoms. The Morgan fingerprint density at radius 1 is 1.61 bits per heavy atom. The summed E-state index contributed by atoms with van der Waals surface area (Å²) >= 11 is 9.59. The van der Waals surface area contributed by atoms with Gasteiger partial charge in [0, 0.05) is 29.1 Å². The highest BCUT2D eigenvalue weighted by molar-refractivity contribution is 8.06. The third-order valence-corrected chi connectivity index (χ3v) is 5.57. The van der Waals surface area contributed by atoms with Gasteiger partial charge in [0.05, 0.1) is 17.4 Å². The van der Waals surface area contributed by atoms with Crippen LogP contribution in [0.2, 0.25) is 5.15 Å². The maximum atomic E-state index is 12.0. The van der Waals surface area contributed by atoms with E-state index in [2.05, 4.69) is 10.3 Å². The molecule has 98 valence electrons. The summed E-state index contributed by atoms with van der Waals surface area (Å²) in [5, 5.41) is 3.65. The van der Waals surface area contributed by atoms with Crippen molar-refractivity contribution in [2.45, 2.75) is 5.25 Å². The third kappa shape index (κ3) is 3.70. The van der Waals surface area contributed by atoms with Crippen molar-refractivity contribution in [3.05, 3.63) is 23.0 Å². The van der Waals surface area contributed by atoms with Crippen molar-refractivity contribution >= 4 is 46.7 Å². The van der Waals surface area contributed by atoms with E-state index in [1.165, 1.54) is 18.0 Å². The van der Waals surface area contributed by atoms with Gasteiger partial charge in [-0.1, -0.05) is 11.6 Å². The van der Waals surface area contributed by atoms with Crippen LogP contribution in [-0.4, -0.2) is 39.9 Å². The molecule has 1 fully saturated rings. The van der Waals surface area contributed by atoms with Crippen LogP contribution in [0.15, 0.2) is 12.3 Å². The number of nitrogens with zero attached hydrogens (tertiary/aromatic N) is 1. The Balaban J connectivity index is 1.92. The van der Waals surface area contributed by atoms with Gasteiger partial charge in [0.15, 0.2) is 0 Å². The van der Waals surface area contributed by atoms with Crippen molar-refractivity contribution in [3.63, 3.8) is 0 Å². The SMILES string of the molecule is Nc1cnc(Cl)cc1C(=O)NCC1CSCCS1. The van der Waals surface area contributed by atoms with Crippen molar-refractivity contribution in [2.24, 2.45) is 0 Å². The molecule has 1 aromatic rings. The molecule has 1 aliphatic rings. The molecule has 1 atom stereocenters. The molecule has 0 bridgehead atoms. The highest BCUT2D eigenvalue weighted by Crippen LogP contribution is 2.23. The first kappa shape index (κ1) is 13.8. The van der Waals surface area contributed by atoms with Crippen molar-refractivity contribution in [3.8, 4) is 0 Å². The fraction of sp³-hybridized carbons (Fsp3) is 0.455. The highest BCUT2D eigenvalue weighted by atomic mass is 35.5. The lowest BCUT2D eigenvalue weighted by atomic mass is 10.2. The van der Waals surface area contributed by atoms with Gasteiger partial charge in [0.25, 0.3) is 5.91 Å². The monoisotopic (exact) mass is 303 g/mol. The number of pyridine rings is 1. The van der Waals surface area contributed by atoms with Crippen molar-refractivity contribution in [1.29, 1.82) is 0 Å². The van der Waals surface area contributed by atoms with E-state index in [9.17, 15) is 4.79 Å². The van der Waals surface area contributed by atoms with E-state index < -0.39 is 0 Å². The molecule has 1 unspecified atom stereocenters. The van der Waals surface area contributed by atoms with Crippen LogP contribution in [0.5, 0.6) is 0 Å². The second-order valence-corrected chi connectivity index (χ2v) is 6.82. The Morgan fingerprint density at radius 3 is 3.17 bits per heavy atom. The van der Waals surface area contributed by atoms with Crippen LogP contribution in [0.25, 0.3) is 0 Å². The lowest BCUT2D eigenvalue weighted by molar-refractivity contribution is 0.0955. The standard InChI is InChI=1S/C11H14ClN3OS2/c12-10-3-8(9(13)5-14-10)11(16)15-4-7-6-17-1-2-18-7/h3,5,7H,1-2,4,6,13H2,(H,15,16). The summed E-state index contributed by atoms with van der Waals surface area (Å²) in [7, 11) is 0. The van der Waals surface area contributed by atoms with Crippen LogP contribution < -0.4 is 11.1 Å². The molecule has 0 saturated carbocycles. The van der Waals surface area contributed by atoms with E-state index in [4.69, 9.17) is 17.3 Å². The summed E-state index contributed by atoms with van der Waals surface area (Å²) in [6.45, 7) is 0.663. The normalized spacial score (nSPS) is 19.5. The first-order chi connectivity index (χ1) is 8.66. The predicted molar refractivity (Wildman–Crippen MR) is 79.6 cm³/mol. The largest absolute Gasteiger partial charge is 0.397 e. The minimum Gasteiger partial charge on any atom is -0.397 e. The van der Waals surface area contributed by atoms with E-state index in [1.807, 2.05) is 23.5 Å². The zero-order valence-corrected chi connectivity index (χ0v) is 12.1. The number of amides is 1. The van der Waals surface area contributed by atoms with E-state index in [1.54, 1.807) is 0 Å². The molecule has 7 heteroatoms. The van der Waals surface area contributed by atoms with Gasteiger partial charge < -0.3 is 11.1 Å². The summed E-state index contributed by atoms with van der Waals surface area (Å²) in [6.07, 6.45) is 1.41. The van der Waals surface area contributed by atoms with Gasteiger partial charge in [-0.05, 0) is 6.07 Å². The quantitative estimate of drug-likeness (QED) is 0.835. The highest BCUT2D eigenvalue weighted by Gasteiger charge is 2.17. The molecule has 18 heavy (non-hydrogen) atoms. The molecule has 2 rings (SSSR count). The Labute approximate surface area is 119 Å². The van der Waals surface area contributed by atoms with Crippen molar-refractivity contribution in [1.82, 2.24) is 10.3 Å². The number of hydrogen-bond acceptors (Lipinski definition) is 5. The van der Waals surface area contributed by atoms with E-state index >= 15 is 0 Å². The number of hydrogen-bond donors (Lipinski definition) is 2. The number of nitrogen functional groups attached to an aromatic ring is 1. The Hall–Kier alpha value is -0.590. The minimum absolute atomic E-state index is 0.187. The van der Waals surface area contributed by atoms with Crippen LogP contribution in [0.3, 0.4) is 0 Å². The Morgan fingerprint density at radius 2 is 2.44 bits per heavy atom. The second kappa shape index (κ2) is 6.54. The lowest BCUT2D eigenvalue weighted by Gasteiger charge is -2.21. The van der Waals surface area contributed by atoms with E-state index in [0.29, 0.717) is 23.0 Å². The molecule has 1 saturated heterocycles. The van der Waals surface area contributed by atoms with Gasteiger partial charge in [0.2, 0.25) is 0 Å². The maximum Gasteiger partial charge on any atom is 0.253 e. The van der Waals surface area contributed by atoms with Crippen LogP contribution in [0, 0.1) is 0 Å². The van der Waals surface area contributed by atoms with Gasteiger partial charge in [-0.25, -0.2) is 4.98 Å². The molecule has 1 aromatic heterocycles. The third-order valence-electron chi connectivity index (χ3n) is 2.52. The number of nitrogens with one attached hydrogen (secondary N) is 1. The summed E-state index contributed by atoms with van der Waals surface area (Å²) < 4.78 is 0. The number of aromatic nitrogens is 1. The molecular formula is C11H14ClN3OS2. The van der Waals surface area contributed by atoms with Crippen LogP contribution >= 0.6 is 35.1 Å². The zero-order valence-electron chi connectivity index (χ0n) is 9.69. The summed E-state index contributed by atoms with van der Waals surface area (Å²) in [6, 6.07) is 1.50. The first-order valence-corrected chi connectivity index (χ1v) is 8.13. The summed E-state index contributed by atoms with van der Waals surface area (Å²) in [5.41, 5.74) is 6.45. The fourth-order valence-corrected chi connectivity index (χ4v) is 4.36. The van der Waals surface area contributed by atoms with Gasteiger partial charge in [-0.15, -0.1) is 0 Å². The number of carbonyl (C=O) groups is 1. The number of carbonyl (C=O) groups excluding carboxylic acids is 1. The molecule has 4 nitrogen and oxygen atoms in total. The molecule has 0 radical (unpaired) electrons. The predicted octanol–water partition coefficient (Wildman–Crippen LogP) is 1.90. The lowest BCUT2D eigenvalue weighted by Crippen LogP contribution is -2.33. The minimum atomic E-state index is -0.187.